The fourth-order valence-corrected chi connectivity index (χ4v) is 3.75. The van der Waals surface area contributed by atoms with Gasteiger partial charge in [0.25, 0.3) is 0 Å². The highest BCUT2D eigenvalue weighted by Crippen LogP contribution is 2.37. The van der Waals surface area contributed by atoms with Gasteiger partial charge >= 0.3 is 0 Å². The van der Waals surface area contributed by atoms with Gasteiger partial charge in [-0.2, -0.15) is 0 Å². The largest absolute Gasteiger partial charge is 0.496 e. The predicted octanol–water partition coefficient (Wildman–Crippen LogP) is 4.89. The molecule has 0 fully saturated rings. The Balaban J connectivity index is 2.24. The second-order valence-corrected chi connectivity index (χ2v) is 6.42. The maximum absolute atomic E-state index is 5.38. The Morgan fingerprint density at radius 1 is 1.20 bits per heavy atom. The minimum Gasteiger partial charge on any atom is -0.496 e. The van der Waals surface area contributed by atoms with Crippen LogP contribution in [0.4, 0.5) is 0 Å². The van der Waals surface area contributed by atoms with Crippen molar-refractivity contribution in [3.63, 3.8) is 0 Å². The molecule has 0 heterocycles. The molecule has 0 amide bonds. The monoisotopic (exact) mass is 351 g/mol. The highest BCUT2D eigenvalue weighted by Gasteiger charge is 2.09. The molecule has 0 aliphatic heterocycles. The maximum Gasteiger partial charge on any atom is 0.132 e. The number of rotatable bonds is 5. The normalized spacial score (nSPS) is 12.2. The van der Waals surface area contributed by atoms with Gasteiger partial charge in [-0.3, -0.25) is 0 Å². The lowest BCUT2D eigenvalue weighted by molar-refractivity contribution is 0.405. The average molecular weight is 352 g/mol. The Morgan fingerprint density at radius 3 is 2.60 bits per heavy atom. The van der Waals surface area contributed by atoms with E-state index in [1.807, 2.05) is 25.2 Å². The van der Waals surface area contributed by atoms with Gasteiger partial charge in [-0.25, -0.2) is 0 Å². The number of halogens is 1. The molecule has 2 aromatic carbocycles. The summed E-state index contributed by atoms with van der Waals surface area (Å²) in [4.78, 5) is 2.31. The lowest BCUT2D eigenvalue weighted by atomic mass is 10.1. The Kier molecular flexibility index (Phi) is 5.52. The summed E-state index contributed by atoms with van der Waals surface area (Å²) in [5, 5.41) is 3.25. The van der Waals surface area contributed by atoms with Gasteiger partial charge in [0, 0.05) is 15.4 Å². The van der Waals surface area contributed by atoms with Crippen LogP contribution in [0.5, 0.6) is 5.75 Å². The highest BCUT2D eigenvalue weighted by molar-refractivity contribution is 9.10. The third-order valence-electron chi connectivity index (χ3n) is 3.17. The van der Waals surface area contributed by atoms with Crippen LogP contribution in [0, 0.1) is 0 Å². The van der Waals surface area contributed by atoms with Crippen molar-refractivity contribution in [1.29, 1.82) is 0 Å². The third kappa shape index (κ3) is 3.57. The zero-order valence-electron chi connectivity index (χ0n) is 11.8. The van der Waals surface area contributed by atoms with E-state index in [9.17, 15) is 0 Å². The fourth-order valence-electron chi connectivity index (χ4n) is 1.91. The van der Waals surface area contributed by atoms with Crippen molar-refractivity contribution in [3.8, 4) is 5.75 Å². The van der Waals surface area contributed by atoms with E-state index in [0.29, 0.717) is 6.04 Å². The molecule has 2 rings (SSSR count). The van der Waals surface area contributed by atoms with E-state index in [-0.39, 0.29) is 0 Å². The summed E-state index contributed by atoms with van der Waals surface area (Å²) in [6, 6.07) is 14.8. The van der Waals surface area contributed by atoms with Crippen molar-refractivity contribution in [2.75, 3.05) is 14.2 Å². The average Bonchev–Trinajstić information content (AvgIpc) is 2.47. The van der Waals surface area contributed by atoms with Crippen molar-refractivity contribution < 1.29 is 4.74 Å². The number of para-hydroxylation sites is 1. The van der Waals surface area contributed by atoms with Crippen LogP contribution >= 0.6 is 27.7 Å². The van der Waals surface area contributed by atoms with Gasteiger partial charge in [0.15, 0.2) is 0 Å². The lowest BCUT2D eigenvalue weighted by Gasteiger charge is -2.14. The molecule has 1 atom stereocenters. The molecule has 2 aromatic rings. The quantitative estimate of drug-likeness (QED) is 0.828. The van der Waals surface area contributed by atoms with Gasteiger partial charge in [0.05, 0.1) is 12.0 Å². The molecule has 0 aliphatic carbocycles. The summed E-state index contributed by atoms with van der Waals surface area (Å²) in [7, 11) is 3.67. The van der Waals surface area contributed by atoms with Crippen LogP contribution in [0.1, 0.15) is 18.5 Å². The first-order valence-electron chi connectivity index (χ1n) is 6.43. The van der Waals surface area contributed by atoms with E-state index < -0.39 is 0 Å². The van der Waals surface area contributed by atoms with Crippen LogP contribution in [0.3, 0.4) is 0 Å². The minimum absolute atomic E-state index is 0.328. The molecule has 0 aliphatic rings. The summed E-state index contributed by atoms with van der Waals surface area (Å²) in [5.41, 5.74) is 1.26. The van der Waals surface area contributed by atoms with E-state index >= 15 is 0 Å². The van der Waals surface area contributed by atoms with Crippen LogP contribution in [-0.4, -0.2) is 14.2 Å². The van der Waals surface area contributed by atoms with E-state index in [1.165, 1.54) is 10.5 Å². The third-order valence-corrected chi connectivity index (χ3v) is 4.90. The number of hydrogen-bond acceptors (Lipinski definition) is 3. The Labute approximate surface area is 133 Å². The van der Waals surface area contributed by atoms with Crippen molar-refractivity contribution in [3.05, 3.63) is 52.5 Å². The zero-order chi connectivity index (χ0) is 14.5. The minimum atomic E-state index is 0.328. The second kappa shape index (κ2) is 7.16. The Morgan fingerprint density at radius 2 is 1.95 bits per heavy atom. The molecule has 0 radical (unpaired) electrons. The number of hydrogen-bond donors (Lipinski definition) is 1. The molecule has 0 saturated heterocycles. The first kappa shape index (κ1) is 15.4. The van der Waals surface area contributed by atoms with E-state index in [1.54, 1.807) is 18.9 Å². The Bertz CT molecular complexity index is 588. The standard InChI is InChI=1S/C16H18BrNOS/c1-11(18-2)13-9-8-12(10-14(13)17)20-16-7-5-4-6-15(16)19-3/h4-11,18H,1-3H3. The molecular weight excluding hydrogens is 334 g/mol. The predicted molar refractivity (Wildman–Crippen MR) is 88.7 cm³/mol. The summed E-state index contributed by atoms with van der Waals surface area (Å²) < 4.78 is 6.51. The van der Waals surface area contributed by atoms with Crippen molar-refractivity contribution in [1.82, 2.24) is 5.32 Å². The summed E-state index contributed by atoms with van der Waals surface area (Å²) in [6.45, 7) is 2.15. The fraction of sp³-hybridized carbons (Fsp3) is 0.250. The Hall–Kier alpha value is -0.970. The second-order valence-electron chi connectivity index (χ2n) is 4.45. The summed E-state index contributed by atoms with van der Waals surface area (Å²) >= 11 is 5.36. The van der Waals surface area contributed by atoms with Gasteiger partial charge < -0.3 is 10.1 Å². The van der Waals surface area contributed by atoms with Gasteiger partial charge in [-0.15, -0.1) is 0 Å². The molecular formula is C16H18BrNOS. The van der Waals surface area contributed by atoms with Gasteiger partial charge in [0.2, 0.25) is 0 Å². The maximum atomic E-state index is 5.38. The van der Waals surface area contributed by atoms with Gasteiger partial charge in [-0.1, -0.05) is 45.9 Å². The topological polar surface area (TPSA) is 21.3 Å². The van der Waals surface area contributed by atoms with Crippen molar-refractivity contribution in [2.45, 2.75) is 22.8 Å². The number of methoxy groups -OCH3 is 1. The van der Waals surface area contributed by atoms with Crippen LogP contribution in [-0.2, 0) is 0 Å². The van der Waals surface area contributed by atoms with Crippen LogP contribution in [0.15, 0.2) is 56.7 Å². The molecule has 1 unspecified atom stereocenters. The molecule has 2 nitrogen and oxygen atoms in total. The molecule has 20 heavy (non-hydrogen) atoms. The first-order valence-corrected chi connectivity index (χ1v) is 8.04. The molecule has 0 aromatic heterocycles. The molecule has 1 N–H and O–H groups in total. The molecule has 4 heteroatoms. The number of ether oxygens (including phenoxy) is 1. The summed E-state index contributed by atoms with van der Waals surface area (Å²) in [6.07, 6.45) is 0. The molecule has 0 spiro atoms. The SMILES string of the molecule is CNC(C)c1ccc(Sc2ccccc2OC)cc1Br. The molecule has 0 saturated carbocycles. The van der Waals surface area contributed by atoms with E-state index in [2.05, 4.69) is 52.4 Å². The molecule has 0 bridgehead atoms. The smallest absolute Gasteiger partial charge is 0.132 e. The van der Waals surface area contributed by atoms with Crippen LogP contribution < -0.4 is 10.1 Å². The van der Waals surface area contributed by atoms with Gasteiger partial charge in [-0.05, 0) is 43.8 Å². The summed E-state index contributed by atoms with van der Waals surface area (Å²) in [5.74, 6) is 0.904. The number of benzene rings is 2. The van der Waals surface area contributed by atoms with Crippen LogP contribution in [0.2, 0.25) is 0 Å². The number of nitrogens with one attached hydrogen (secondary N) is 1. The molecule has 106 valence electrons. The lowest BCUT2D eigenvalue weighted by Crippen LogP contribution is -2.12. The van der Waals surface area contributed by atoms with Crippen molar-refractivity contribution in [2.24, 2.45) is 0 Å². The highest BCUT2D eigenvalue weighted by atomic mass is 79.9. The zero-order valence-corrected chi connectivity index (χ0v) is 14.2. The van der Waals surface area contributed by atoms with Crippen molar-refractivity contribution >= 4 is 27.7 Å². The van der Waals surface area contributed by atoms with E-state index in [4.69, 9.17) is 4.74 Å². The first-order chi connectivity index (χ1) is 9.65. The van der Waals surface area contributed by atoms with Gasteiger partial charge in [0.1, 0.15) is 5.75 Å². The van der Waals surface area contributed by atoms with Crippen LogP contribution in [0.25, 0.3) is 0 Å². The van der Waals surface area contributed by atoms with E-state index in [0.717, 1.165) is 15.1 Å².